The number of nitrogens with one attached hydrogen (secondary N) is 2. The summed E-state index contributed by atoms with van der Waals surface area (Å²) >= 11 is 0. The van der Waals surface area contributed by atoms with Gasteiger partial charge in [-0.05, 0) is 43.3 Å². The molecule has 0 radical (unpaired) electrons. The van der Waals surface area contributed by atoms with Crippen LogP contribution in [-0.4, -0.2) is 59.4 Å². The molecule has 2 aromatic rings. The number of rotatable bonds is 8. The molecular weight excluding hydrogens is 390 g/mol. The van der Waals surface area contributed by atoms with Crippen LogP contribution in [0.4, 0.5) is 0 Å². The van der Waals surface area contributed by atoms with Crippen molar-refractivity contribution < 1.29 is 29.0 Å². The number of benzene rings is 2. The first-order valence-electron chi connectivity index (χ1n) is 9.32. The molecule has 3 N–H and O–H groups in total. The maximum absolute atomic E-state index is 12.2. The van der Waals surface area contributed by atoms with E-state index in [4.69, 9.17) is 4.74 Å². The van der Waals surface area contributed by atoms with Crippen LogP contribution in [0.1, 0.15) is 27.6 Å². The monoisotopic (exact) mass is 411 g/mol. The molecule has 0 spiro atoms. The highest BCUT2D eigenvalue weighted by Crippen LogP contribution is 2.21. The molecule has 0 saturated heterocycles. The van der Waals surface area contributed by atoms with E-state index in [9.17, 15) is 24.3 Å². The number of imide groups is 1. The van der Waals surface area contributed by atoms with Gasteiger partial charge in [0.15, 0.2) is 6.10 Å². The summed E-state index contributed by atoms with van der Waals surface area (Å²) in [6.07, 6.45) is -0.774. The van der Waals surface area contributed by atoms with Gasteiger partial charge in [-0.15, -0.1) is 0 Å². The lowest BCUT2D eigenvalue weighted by atomic mass is 10.1. The molecule has 1 atom stereocenters. The van der Waals surface area contributed by atoms with E-state index in [-0.39, 0.29) is 42.4 Å². The van der Waals surface area contributed by atoms with Crippen LogP contribution in [-0.2, 0) is 9.59 Å². The van der Waals surface area contributed by atoms with Gasteiger partial charge in [0.2, 0.25) is 5.91 Å². The fourth-order valence-corrected chi connectivity index (χ4v) is 2.90. The molecule has 30 heavy (non-hydrogen) atoms. The van der Waals surface area contributed by atoms with E-state index in [1.807, 2.05) is 0 Å². The van der Waals surface area contributed by atoms with Crippen LogP contribution in [0, 0.1) is 0 Å². The summed E-state index contributed by atoms with van der Waals surface area (Å²) in [5.74, 6) is -1.36. The van der Waals surface area contributed by atoms with Gasteiger partial charge in [-0.3, -0.25) is 24.1 Å². The number of hydrogen-bond acceptors (Lipinski definition) is 6. The molecule has 156 valence electrons. The van der Waals surface area contributed by atoms with Gasteiger partial charge in [-0.2, -0.15) is 0 Å². The minimum atomic E-state index is -0.774. The van der Waals surface area contributed by atoms with Gasteiger partial charge in [-0.1, -0.05) is 12.1 Å². The fourth-order valence-electron chi connectivity index (χ4n) is 2.90. The molecular formula is C21H21N3O6. The topological polar surface area (TPSA) is 125 Å². The summed E-state index contributed by atoms with van der Waals surface area (Å²) in [6.45, 7) is 1.46. The van der Waals surface area contributed by atoms with E-state index in [1.165, 1.54) is 12.1 Å². The second-order valence-corrected chi connectivity index (χ2v) is 6.64. The van der Waals surface area contributed by atoms with Crippen LogP contribution in [0.15, 0.2) is 48.5 Å². The molecule has 0 aromatic heterocycles. The summed E-state index contributed by atoms with van der Waals surface area (Å²) in [5.41, 5.74) is 0.565. The Balaban J connectivity index is 1.39. The van der Waals surface area contributed by atoms with Crippen molar-refractivity contribution in [3.05, 3.63) is 59.7 Å². The number of fused-ring (bicyclic) bond motifs is 1. The molecule has 9 heteroatoms. The van der Waals surface area contributed by atoms with E-state index >= 15 is 0 Å². The Bertz CT molecular complexity index is 938. The number of aromatic hydroxyl groups is 1. The molecule has 1 heterocycles. The molecule has 1 aliphatic heterocycles. The molecule has 0 saturated carbocycles. The van der Waals surface area contributed by atoms with Crippen LogP contribution >= 0.6 is 0 Å². The number of phenols is 1. The van der Waals surface area contributed by atoms with Crippen molar-refractivity contribution in [3.63, 3.8) is 0 Å². The van der Waals surface area contributed by atoms with E-state index in [0.717, 1.165) is 4.90 Å². The van der Waals surface area contributed by atoms with E-state index < -0.39 is 23.8 Å². The quantitative estimate of drug-likeness (QED) is 0.434. The first-order valence-corrected chi connectivity index (χ1v) is 9.32. The Morgan fingerprint density at radius 2 is 1.53 bits per heavy atom. The average Bonchev–Trinajstić information content (AvgIpc) is 2.98. The Labute approximate surface area is 172 Å². The Morgan fingerprint density at radius 3 is 2.13 bits per heavy atom. The molecule has 9 nitrogen and oxygen atoms in total. The summed E-state index contributed by atoms with van der Waals surface area (Å²) < 4.78 is 5.46. The number of phenolic OH excluding ortho intramolecular Hbond substituents is 1. The Hall–Kier alpha value is -3.88. The van der Waals surface area contributed by atoms with Gasteiger partial charge < -0.3 is 20.5 Å². The van der Waals surface area contributed by atoms with Crippen LogP contribution in [0.2, 0.25) is 0 Å². The predicted octanol–water partition coefficient (Wildman–Crippen LogP) is 0.688. The molecule has 2 aromatic carbocycles. The molecule has 0 bridgehead atoms. The van der Waals surface area contributed by atoms with Crippen molar-refractivity contribution in [2.24, 2.45) is 0 Å². The third kappa shape index (κ3) is 4.75. The lowest BCUT2D eigenvalue weighted by Gasteiger charge is -2.16. The normalized spacial score (nSPS) is 13.6. The molecule has 0 fully saturated rings. The van der Waals surface area contributed by atoms with Crippen molar-refractivity contribution in [1.29, 1.82) is 0 Å². The highest BCUT2D eigenvalue weighted by atomic mass is 16.5. The lowest BCUT2D eigenvalue weighted by Crippen LogP contribution is -2.44. The zero-order valence-corrected chi connectivity index (χ0v) is 16.3. The van der Waals surface area contributed by atoms with Gasteiger partial charge in [0.05, 0.1) is 11.1 Å². The lowest BCUT2D eigenvalue weighted by molar-refractivity contribution is -0.127. The largest absolute Gasteiger partial charge is 0.508 e. The minimum absolute atomic E-state index is 0.0939. The standard InChI is InChI=1S/C21H21N3O6/c1-13(30-15-8-6-14(25)7-9-15)19(27)23-11-10-22-18(26)12-24-20(28)16-4-2-3-5-17(16)21(24)29/h2-9,13,25H,10-12H2,1H3,(H,22,26)(H,23,27). The molecule has 0 aliphatic carbocycles. The number of hydrogen-bond donors (Lipinski definition) is 3. The summed E-state index contributed by atoms with van der Waals surface area (Å²) in [7, 11) is 0. The van der Waals surface area contributed by atoms with Crippen LogP contribution in [0.5, 0.6) is 11.5 Å². The zero-order valence-electron chi connectivity index (χ0n) is 16.3. The number of carbonyl (C=O) groups is 4. The predicted molar refractivity (Wildman–Crippen MR) is 106 cm³/mol. The Morgan fingerprint density at radius 1 is 0.967 bits per heavy atom. The molecule has 1 unspecified atom stereocenters. The third-order valence-electron chi connectivity index (χ3n) is 4.45. The average molecular weight is 411 g/mol. The summed E-state index contributed by atoms with van der Waals surface area (Å²) in [4.78, 5) is 49.5. The minimum Gasteiger partial charge on any atom is -0.508 e. The maximum atomic E-state index is 12.2. The first-order chi connectivity index (χ1) is 14.4. The molecule has 3 rings (SSSR count). The van der Waals surface area contributed by atoms with Gasteiger partial charge >= 0.3 is 0 Å². The van der Waals surface area contributed by atoms with Crippen LogP contribution < -0.4 is 15.4 Å². The van der Waals surface area contributed by atoms with Crippen molar-refractivity contribution in [1.82, 2.24) is 15.5 Å². The number of carbonyl (C=O) groups excluding carboxylic acids is 4. The second kappa shape index (κ2) is 9.08. The number of amides is 4. The highest BCUT2D eigenvalue weighted by Gasteiger charge is 2.36. The summed E-state index contributed by atoms with van der Waals surface area (Å²) in [6, 6.07) is 12.4. The number of nitrogens with zero attached hydrogens (tertiary/aromatic N) is 1. The van der Waals surface area contributed by atoms with E-state index in [1.54, 1.807) is 43.3 Å². The van der Waals surface area contributed by atoms with Gasteiger partial charge in [-0.25, -0.2) is 0 Å². The second-order valence-electron chi connectivity index (χ2n) is 6.64. The van der Waals surface area contributed by atoms with E-state index in [2.05, 4.69) is 10.6 Å². The molecule has 4 amide bonds. The van der Waals surface area contributed by atoms with Gasteiger partial charge in [0.1, 0.15) is 18.0 Å². The SMILES string of the molecule is CC(Oc1ccc(O)cc1)C(=O)NCCNC(=O)CN1C(=O)c2ccccc2C1=O. The maximum Gasteiger partial charge on any atom is 0.262 e. The van der Waals surface area contributed by atoms with Crippen LogP contribution in [0.25, 0.3) is 0 Å². The number of ether oxygens (including phenoxy) is 1. The molecule has 1 aliphatic rings. The van der Waals surface area contributed by atoms with Crippen molar-refractivity contribution in [2.75, 3.05) is 19.6 Å². The first kappa shape index (κ1) is 20.8. The van der Waals surface area contributed by atoms with Crippen molar-refractivity contribution in [2.45, 2.75) is 13.0 Å². The summed E-state index contributed by atoms with van der Waals surface area (Å²) in [5, 5.41) is 14.4. The van der Waals surface area contributed by atoms with Gasteiger partial charge in [0, 0.05) is 13.1 Å². The van der Waals surface area contributed by atoms with Crippen molar-refractivity contribution >= 4 is 23.6 Å². The van der Waals surface area contributed by atoms with Crippen molar-refractivity contribution in [3.8, 4) is 11.5 Å². The van der Waals surface area contributed by atoms with E-state index in [0.29, 0.717) is 5.75 Å². The van der Waals surface area contributed by atoms with Gasteiger partial charge in [0.25, 0.3) is 17.7 Å². The van der Waals surface area contributed by atoms with Crippen LogP contribution in [0.3, 0.4) is 0 Å². The smallest absolute Gasteiger partial charge is 0.262 e. The zero-order chi connectivity index (χ0) is 21.7. The third-order valence-corrected chi connectivity index (χ3v) is 4.45. The fraction of sp³-hybridized carbons (Fsp3) is 0.238. The highest BCUT2D eigenvalue weighted by molar-refractivity contribution is 6.22. The Kier molecular flexibility index (Phi) is 6.31.